The predicted molar refractivity (Wildman–Crippen MR) is 88.2 cm³/mol. The SMILES string of the molecule is CO[C@H](CO)Cn1cnc2c3cccnc3c3ncccc3c21. The molecule has 4 rings (SSSR count). The first-order valence-electron chi connectivity index (χ1n) is 7.43. The summed E-state index contributed by atoms with van der Waals surface area (Å²) in [5.41, 5.74) is 3.59. The van der Waals surface area contributed by atoms with E-state index >= 15 is 0 Å². The van der Waals surface area contributed by atoms with Crippen LogP contribution in [0.4, 0.5) is 0 Å². The zero-order valence-electron chi connectivity index (χ0n) is 12.7. The zero-order valence-corrected chi connectivity index (χ0v) is 12.7. The first kappa shape index (κ1) is 14.0. The van der Waals surface area contributed by atoms with Gasteiger partial charge in [0, 0.05) is 30.3 Å². The molecule has 0 fully saturated rings. The van der Waals surface area contributed by atoms with Crippen molar-refractivity contribution in [2.45, 2.75) is 12.6 Å². The lowest BCUT2D eigenvalue weighted by atomic mass is 10.1. The van der Waals surface area contributed by atoms with E-state index in [1.165, 1.54) is 0 Å². The highest BCUT2D eigenvalue weighted by Crippen LogP contribution is 2.31. The quantitative estimate of drug-likeness (QED) is 0.585. The summed E-state index contributed by atoms with van der Waals surface area (Å²) in [6.45, 7) is 0.487. The Hall–Kier alpha value is -2.57. The van der Waals surface area contributed by atoms with Crippen molar-refractivity contribution in [3.63, 3.8) is 0 Å². The molecule has 1 atom stereocenters. The molecule has 0 spiro atoms. The van der Waals surface area contributed by atoms with Crippen molar-refractivity contribution < 1.29 is 9.84 Å². The smallest absolute Gasteiger partial charge is 0.0987 e. The van der Waals surface area contributed by atoms with Crippen LogP contribution in [-0.2, 0) is 11.3 Å². The third-order valence-corrected chi connectivity index (χ3v) is 4.13. The van der Waals surface area contributed by atoms with Crippen LogP contribution in [0.2, 0.25) is 0 Å². The van der Waals surface area contributed by atoms with Gasteiger partial charge in [-0.1, -0.05) is 0 Å². The number of imidazole rings is 1. The van der Waals surface area contributed by atoms with Crippen LogP contribution in [0, 0.1) is 0 Å². The molecule has 6 nitrogen and oxygen atoms in total. The van der Waals surface area contributed by atoms with Crippen LogP contribution in [0.25, 0.3) is 32.8 Å². The number of ether oxygens (including phenoxy) is 1. The van der Waals surface area contributed by atoms with E-state index in [4.69, 9.17) is 4.74 Å². The molecule has 1 aromatic carbocycles. The van der Waals surface area contributed by atoms with Crippen LogP contribution in [0.15, 0.2) is 43.0 Å². The number of benzene rings is 1. The molecule has 3 aromatic heterocycles. The van der Waals surface area contributed by atoms with Gasteiger partial charge < -0.3 is 14.4 Å². The number of hydrogen-bond donors (Lipinski definition) is 1. The lowest BCUT2D eigenvalue weighted by Gasteiger charge is -2.14. The van der Waals surface area contributed by atoms with Crippen molar-refractivity contribution in [1.29, 1.82) is 0 Å². The normalized spacial score (nSPS) is 13.1. The molecule has 0 saturated carbocycles. The minimum absolute atomic E-state index is 0.0402. The van der Waals surface area contributed by atoms with Crippen LogP contribution < -0.4 is 0 Å². The molecule has 0 radical (unpaired) electrons. The summed E-state index contributed by atoms with van der Waals surface area (Å²) in [5, 5.41) is 11.4. The molecule has 116 valence electrons. The van der Waals surface area contributed by atoms with Crippen LogP contribution in [0.5, 0.6) is 0 Å². The molecular formula is C17H16N4O2. The molecule has 0 aliphatic carbocycles. The third kappa shape index (κ3) is 2.15. The van der Waals surface area contributed by atoms with Crippen LogP contribution in [0.3, 0.4) is 0 Å². The third-order valence-electron chi connectivity index (χ3n) is 4.13. The van der Waals surface area contributed by atoms with E-state index in [-0.39, 0.29) is 12.7 Å². The topological polar surface area (TPSA) is 73.1 Å². The van der Waals surface area contributed by atoms with E-state index in [9.17, 15) is 5.11 Å². The lowest BCUT2D eigenvalue weighted by molar-refractivity contribution is 0.0380. The van der Waals surface area contributed by atoms with Crippen molar-refractivity contribution in [1.82, 2.24) is 19.5 Å². The van der Waals surface area contributed by atoms with Crippen molar-refractivity contribution in [3.05, 3.63) is 43.0 Å². The van der Waals surface area contributed by atoms with Crippen molar-refractivity contribution >= 4 is 32.8 Å². The van der Waals surface area contributed by atoms with Gasteiger partial charge in [0.25, 0.3) is 0 Å². The highest BCUT2D eigenvalue weighted by Gasteiger charge is 2.16. The Labute approximate surface area is 132 Å². The Bertz CT molecular complexity index is 992. The Kier molecular flexibility index (Phi) is 3.40. The van der Waals surface area contributed by atoms with Gasteiger partial charge in [-0.25, -0.2) is 4.98 Å². The second-order valence-electron chi connectivity index (χ2n) is 5.43. The summed E-state index contributed by atoms with van der Waals surface area (Å²) in [7, 11) is 1.60. The maximum atomic E-state index is 9.40. The van der Waals surface area contributed by atoms with Gasteiger partial charge in [-0.05, 0) is 24.3 Å². The van der Waals surface area contributed by atoms with Gasteiger partial charge in [0.1, 0.15) is 0 Å². The second kappa shape index (κ2) is 5.57. The molecule has 0 aliphatic heterocycles. The van der Waals surface area contributed by atoms with E-state index in [0.717, 1.165) is 32.8 Å². The van der Waals surface area contributed by atoms with E-state index in [0.29, 0.717) is 6.54 Å². The van der Waals surface area contributed by atoms with Gasteiger partial charge in [-0.3, -0.25) is 9.97 Å². The van der Waals surface area contributed by atoms with Crippen LogP contribution >= 0.6 is 0 Å². The number of pyridine rings is 2. The molecule has 0 saturated heterocycles. The number of aromatic nitrogens is 4. The fourth-order valence-corrected chi connectivity index (χ4v) is 3.00. The average molecular weight is 308 g/mol. The number of fused-ring (bicyclic) bond motifs is 6. The van der Waals surface area contributed by atoms with E-state index < -0.39 is 0 Å². The first-order valence-corrected chi connectivity index (χ1v) is 7.43. The molecule has 0 amide bonds. The molecule has 23 heavy (non-hydrogen) atoms. The van der Waals surface area contributed by atoms with E-state index in [1.54, 1.807) is 25.8 Å². The molecule has 1 N–H and O–H groups in total. The second-order valence-corrected chi connectivity index (χ2v) is 5.43. The summed E-state index contributed by atoms with van der Waals surface area (Å²) in [4.78, 5) is 13.6. The Morgan fingerprint density at radius 2 is 1.74 bits per heavy atom. The van der Waals surface area contributed by atoms with Gasteiger partial charge in [-0.2, -0.15) is 0 Å². The summed E-state index contributed by atoms with van der Waals surface area (Å²) in [5.74, 6) is 0. The molecule has 0 bridgehead atoms. The van der Waals surface area contributed by atoms with Crippen LogP contribution in [0.1, 0.15) is 0 Å². The molecule has 0 aliphatic rings. The predicted octanol–water partition coefficient (Wildman–Crippen LogP) is 2.14. The largest absolute Gasteiger partial charge is 0.394 e. The summed E-state index contributed by atoms with van der Waals surface area (Å²) in [6, 6.07) is 7.85. The number of methoxy groups -OCH3 is 1. The highest BCUT2D eigenvalue weighted by atomic mass is 16.5. The first-order chi connectivity index (χ1) is 11.3. The Balaban J connectivity index is 2.09. The van der Waals surface area contributed by atoms with Crippen molar-refractivity contribution in [2.24, 2.45) is 0 Å². The molecular weight excluding hydrogens is 292 g/mol. The minimum atomic E-state index is -0.274. The van der Waals surface area contributed by atoms with E-state index in [1.807, 2.05) is 28.8 Å². The Morgan fingerprint density at radius 1 is 1.04 bits per heavy atom. The van der Waals surface area contributed by atoms with E-state index in [2.05, 4.69) is 15.0 Å². The number of hydrogen-bond acceptors (Lipinski definition) is 5. The molecule has 0 unspecified atom stereocenters. The summed E-state index contributed by atoms with van der Waals surface area (Å²) < 4.78 is 7.30. The minimum Gasteiger partial charge on any atom is -0.394 e. The molecule has 6 heteroatoms. The number of rotatable bonds is 4. The fourth-order valence-electron chi connectivity index (χ4n) is 3.00. The summed E-state index contributed by atoms with van der Waals surface area (Å²) in [6.07, 6.45) is 5.05. The zero-order chi connectivity index (χ0) is 15.8. The van der Waals surface area contributed by atoms with Gasteiger partial charge in [0.15, 0.2) is 0 Å². The maximum absolute atomic E-state index is 9.40. The maximum Gasteiger partial charge on any atom is 0.0987 e. The molecule has 4 aromatic rings. The number of nitrogens with zero attached hydrogens (tertiary/aromatic N) is 4. The summed E-state index contributed by atoms with van der Waals surface area (Å²) >= 11 is 0. The monoisotopic (exact) mass is 308 g/mol. The van der Waals surface area contributed by atoms with Crippen LogP contribution in [-0.4, -0.2) is 44.4 Å². The van der Waals surface area contributed by atoms with Gasteiger partial charge >= 0.3 is 0 Å². The standard InChI is InChI=1S/C17H16N4O2/c1-23-11(9-22)8-21-10-20-16-12-4-2-6-18-14(12)15-13(17(16)21)5-3-7-19-15/h2-7,10-11,22H,8-9H2,1H3/t11-/m0/s1. The Morgan fingerprint density at radius 3 is 2.43 bits per heavy atom. The van der Waals surface area contributed by atoms with Gasteiger partial charge in [-0.15, -0.1) is 0 Å². The van der Waals surface area contributed by atoms with Gasteiger partial charge in [0.05, 0.1) is 47.6 Å². The molecule has 3 heterocycles. The van der Waals surface area contributed by atoms with Crippen molar-refractivity contribution in [3.8, 4) is 0 Å². The lowest BCUT2D eigenvalue weighted by Crippen LogP contribution is -2.22. The van der Waals surface area contributed by atoms with Gasteiger partial charge in [0.2, 0.25) is 0 Å². The average Bonchev–Trinajstić information content (AvgIpc) is 3.04. The van der Waals surface area contributed by atoms with Crippen molar-refractivity contribution in [2.75, 3.05) is 13.7 Å². The fraction of sp³-hybridized carbons (Fsp3) is 0.235. The number of aliphatic hydroxyl groups is 1. The number of aliphatic hydroxyl groups excluding tert-OH is 1. The highest BCUT2D eigenvalue weighted by molar-refractivity contribution is 6.20.